The van der Waals surface area contributed by atoms with Crippen LogP contribution in [-0.2, 0) is 11.3 Å². The van der Waals surface area contributed by atoms with E-state index in [9.17, 15) is 9.90 Å². The number of carbonyl (C=O) groups is 1. The summed E-state index contributed by atoms with van der Waals surface area (Å²) in [6.07, 6.45) is 3.42. The van der Waals surface area contributed by atoms with E-state index in [-0.39, 0.29) is 30.8 Å². The Morgan fingerprint density at radius 1 is 1.25 bits per heavy atom. The first-order valence-corrected chi connectivity index (χ1v) is 11.1. The fourth-order valence-corrected chi connectivity index (χ4v) is 4.64. The summed E-state index contributed by atoms with van der Waals surface area (Å²) in [4.78, 5) is 26.0. The van der Waals surface area contributed by atoms with Crippen LogP contribution < -0.4 is 10.2 Å². The Balaban J connectivity index is 1.49. The molecule has 32 heavy (non-hydrogen) atoms. The van der Waals surface area contributed by atoms with Gasteiger partial charge in [-0.15, -0.1) is 0 Å². The number of fused-ring (bicyclic) bond motifs is 2. The number of aromatic amines is 1. The maximum absolute atomic E-state index is 12.7. The zero-order valence-electron chi connectivity index (χ0n) is 19.4. The molecule has 0 aliphatic carbocycles. The van der Waals surface area contributed by atoms with Crippen molar-refractivity contribution in [2.75, 3.05) is 17.3 Å². The number of aromatic nitrogens is 4. The first-order chi connectivity index (χ1) is 15.1. The highest BCUT2D eigenvalue weighted by Crippen LogP contribution is 2.39. The molecule has 0 saturated carbocycles. The number of rotatable bonds is 5. The minimum absolute atomic E-state index is 0.154. The second kappa shape index (κ2) is 8.57. The number of aryl methyl sites for hydroxylation is 1. The predicted octanol–water partition coefficient (Wildman–Crippen LogP) is 3.11. The largest absolute Gasteiger partial charge is 0.444 e. The molecule has 3 N–H and O–H groups in total. The number of aliphatic hydroxyl groups is 1. The molecule has 0 aromatic carbocycles. The lowest BCUT2D eigenvalue weighted by Crippen LogP contribution is -2.53. The number of carbonyl (C=O) groups excluding carboxylic acids is 1. The van der Waals surface area contributed by atoms with Gasteiger partial charge in [0.1, 0.15) is 11.4 Å². The summed E-state index contributed by atoms with van der Waals surface area (Å²) < 4.78 is 5.65. The Bertz CT molecular complexity index is 957. The fourth-order valence-electron chi connectivity index (χ4n) is 4.64. The highest BCUT2D eigenvalue weighted by atomic mass is 16.6. The van der Waals surface area contributed by atoms with Crippen molar-refractivity contribution >= 4 is 23.7 Å². The van der Waals surface area contributed by atoms with Crippen LogP contribution in [0.2, 0.25) is 0 Å². The SMILES string of the molecule is Cc1cc(Nc2cc(CO)nc(N(C)C3C[C@H]4CC[C@@H](C3)N4C(=O)OC(C)(C)C)n2)n[nH]1. The summed E-state index contributed by atoms with van der Waals surface area (Å²) >= 11 is 0. The van der Waals surface area contributed by atoms with Crippen LogP contribution in [-0.4, -0.2) is 67.0 Å². The molecule has 174 valence electrons. The summed E-state index contributed by atoms with van der Waals surface area (Å²) in [7, 11) is 1.98. The molecule has 10 heteroatoms. The van der Waals surface area contributed by atoms with Gasteiger partial charge in [0.2, 0.25) is 5.95 Å². The fraction of sp³-hybridized carbons (Fsp3) is 0.636. The van der Waals surface area contributed by atoms with Gasteiger partial charge in [0.05, 0.1) is 12.3 Å². The van der Waals surface area contributed by atoms with Crippen molar-refractivity contribution in [2.24, 2.45) is 0 Å². The maximum Gasteiger partial charge on any atom is 0.410 e. The summed E-state index contributed by atoms with van der Waals surface area (Å²) in [5, 5.41) is 20.0. The number of anilines is 3. The Morgan fingerprint density at radius 2 is 1.94 bits per heavy atom. The first-order valence-electron chi connectivity index (χ1n) is 11.1. The third-order valence-corrected chi connectivity index (χ3v) is 6.07. The molecule has 3 atom stereocenters. The van der Waals surface area contributed by atoms with E-state index in [4.69, 9.17) is 4.74 Å². The van der Waals surface area contributed by atoms with E-state index >= 15 is 0 Å². The van der Waals surface area contributed by atoms with Crippen molar-refractivity contribution in [3.05, 3.63) is 23.5 Å². The van der Waals surface area contributed by atoms with Gasteiger partial charge in [-0.1, -0.05) is 0 Å². The number of H-pyrrole nitrogens is 1. The van der Waals surface area contributed by atoms with Crippen LogP contribution in [0.4, 0.5) is 22.4 Å². The number of ether oxygens (including phenoxy) is 1. The summed E-state index contributed by atoms with van der Waals surface area (Å²) in [5.74, 6) is 1.77. The lowest BCUT2D eigenvalue weighted by Gasteiger charge is -2.42. The van der Waals surface area contributed by atoms with Crippen LogP contribution >= 0.6 is 0 Å². The number of nitrogens with zero attached hydrogens (tertiary/aromatic N) is 5. The van der Waals surface area contributed by atoms with Gasteiger partial charge in [0, 0.05) is 43.0 Å². The van der Waals surface area contributed by atoms with E-state index in [1.165, 1.54) is 0 Å². The molecule has 2 aromatic heterocycles. The third kappa shape index (κ3) is 4.79. The molecule has 1 unspecified atom stereocenters. The van der Waals surface area contributed by atoms with E-state index in [2.05, 4.69) is 30.4 Å². The van der Waals surface area contributed by atoms with Gasteiger partial charge in [-0.25, -0.2) is 9.78 Å². The Labute approximate surface area is 188 Å². The maximum atomic E-state index is 12.7. The lowest BCUT2D eigenvalue weighted by atomic mass is 9.97. The van der Waals surface area contributed by atoms with Gasteiger partial charge in [0.25, 0.3) is 0 Å². The van der Waals surface area contributed by atoms with E-state index in [0.717, 1.165) is 31.4 Å². The Hall–Kier alpha value is -2.88. The van der Waals surface area contributed by atoms with Crippen molar-refractivity contribution < 1.29 is 14.6 Å². The highest BCUT2D eigenvalue weighted by molar-refractivity contribution is 5.69. The van der Waals surface area contributed by atoms with Gasteiger partial charge < -0.3 is 25.0 Å². The normalized spacial score (nSPS) is 22.7. The summed E-state index contributed by atoms with van der Waals surface area (Å²) in [6.45, 7) is 7.44. The second-order valence-corrected chi connectivity index (χ2v) is 9.77. The van der Waals surface area contributed by atoms with Crippen LogP contribution in [0.5, 0.6) is 0 Å². The molecule has 2 fully saturated rings. The molecule has 2 saturated heterocycles. The standard InChI is InChI=1S/C22H33N7O3/c1-13-8-19(27-26-13)24-18-9-14(12-30)23-20(25-18)28(5)17-10-15-6-7-16(11-17)29(15)21(31)32-22(2,3)4/h8-9,15-17,30H,6-7,10-12H2,1-5H3,(H2,23,24,25,26,27)/t15-,16+,17?. The van der Waals surface area contributed by atoms with Crippen LogP contribution in [0.3, 0.4) is 0 Å². The molecule has 2 aromatic rings. The molecule has 4 rings (SSSR count). The van der Waals surface area contributed by atoms with E-state index < -0.39 is 5.60 Å². The van der Waals surface area contributed by atoms with Crippen LogP contribution in [0.1, 0.15) is 57.8 Å². The van der Waals surface area contributed by atoms with Gasteiger partial charge >= 0.3 is 6.09 Å². The quantitative estimate of drug-likeness (QED) is 0.645. The van der Waals surface area contributed by atoms with E-state index in [0.29, 0.717) is 23.3 Å². The second-order valence-electron chi connectivity index (χ2n) is 9.77. The number of nitrogens with one attached hydrogen (secondary N) is 2. The molecule has 2 aliphatic heterocycles. The molecular formula is C22H33N7O3. The third-order valence-electron chi connectivity index (χ3n) is 6.07. The molecule has 10 nitrogen and oxygen atoms in total. The number of hydrogen-bond donors (Lipinski definition) is 3. The first kappa shape index (κ1) is 22.3. The van der Waals surface area contributed by atoms with Gasteiger partial charge in [-0.2, -0.15) is 10.1 Å². The molecule has 1 amide bonds. The molecule has 4 heterocycles. The van der Waals surface area contributed by atoms with Crippen LogP contribution in [0.25, 0.3) is 0 Å². The van der Waals surface area contributed by atoms with E-state index in [1.54, 1.807) is 6.07 Å². The molecular weight excluding hydrogens is 410 g/mol. The van der Waals surface area contributed by atoms with Crippen molar-refractivity contribution in [1.29, 1.82) is 0 Å². The number of piperidine rings is 1. The molecule has 0 spiro atoms. The highest BCUT2D eigenvalue weighted by Gasteiger charge is 2.46. The Morgan fingerprint density at radius 3 is 2.50 bits per heavy atom. The predicted molar refractivity (Wildman–Crippen MR) is 121 cm³/mol. The average molecular weight is 444 g/mol. The van der Waals surface area contributed by atoms with Crippen molar-refractivity contribution in [1.82, 2.24) is 25.1 Å². The lowest BCUT2D eigenvalue weighted by molar-refractivity contribution is 0.00595. The van der Waals surface area contributed by atoms with Crippen LogP contribution in [0, 0.1) is 6.92 Å². The van der Waals surface area contributed by atoms with Crippen molar-refractivity contribution in [3.8, 4) is 0 Å². The topological polar surface area (TPSA) is 120 Å². The Kier molecular flexibility index (Phi) is 5.98. The zero-order chi connectivity index (χ0) is 23.0. The van der Waals surface area contributed by atoms with Gasteiger partial charge in [-0.05, 0) is 53.4 Å². The number of amides is 1. The monoisotopic (exact) mass is 443 g/mol. The molecule has 2 bridgehead atoms. The van der Waals surface area contributed by atoms with Crippen molar-refractivity contribution in [2.45, 2.75) is 83.7 Å². The average Bonchev–Trinajstić information content (AvgIpc) is 3.25. The smallest absolute Gasteiger partial charge is 0.410 e. The van der Waals surface area contributed by atoms with Crippen molar-refractivity contribution in [3.63, 3.8) is 0 Å². The van der Waals surface area contributed by atoms with Gasteiger partial charge in [-0.3, -0.25) is 5.10 Å². The summed E-state index contributed by atoms with van der Waals surface area (Å²) in [6, 6.07) is 4.11. The minimum Gasteiger partial charge on any atom is -0.444 e. The van der Waals surface area contributed by atoms with E-state index in [1.807, 2.05) is 45.7 Å². The zero-order valence-corrected chi connectivity index (χ0v) is 19.4. The van der Waals surface area contributed by atoms with Gasteiger partial charge in [0.15, 0.2) is 5.82 Å². The number of aliphatic hydroxyl groups excluding tert-OH is 1. The summed E-state index contributed by atoms with van der Waals surface area (Å²) in [5.41, 5.74) is 0.971. The van der Waals surface area contributed by atoms with Crippen LogP contribution in [0.15, 0.2) is 12.1 Å². The minimum atomic E-state index is -0.501. The molecule has 2 aliphatic rings. The molecule has 0 radical (unpaired) electrons. The number of hydrogen-bond acceptors (Lipinski definition) is 8.